The van der Waals surface area contributed by atoms with Crippen LogP contribution in [-0.4, -0.2) is 39.0 Å². The number of anilines is 1. The summed E-state index contributed by atoms with van der Waals surface area (Å²) in [5.74, 6) is 0.786. The van der Waals surface area contributed by atoms with Crippen molar-refractivity contribution in [2.45, 2.75) is 24.4 Å². The quantitative estimate of drug-likeness (QED) is 0.661. The highest BCUT2D eigenvalue weighted by molar-refractivity contribution is 7.99. The Bertz CT molecular complexity index is 972. The summed E-state index contributed by atoms with van der Waals surface area (Å²) < 4.78 is 6.94. The van der Waals surface area contributed by atoms with Crippen LogP contribution in [-0.2, 0) is 17.6 Å². The largest absolute Gasteiger partial charge is 0.494 e. The molecule has 2 aromatic carbocycles. The van der Waals surface area contributed by atoms with Crippen molar-refractivity contribution < 1.29 is 9.53 Å². The van der Waals surface area contributed by atoms with Crippen LogP contribution in [0.3, 0.4) is 0 Å². The van der Waals surface area contributed by atoms with Gasteiger partial charge in [0.15, 0.2) is 0 Å². The van der Waals surface area contributed by atoms with Gasteiger partial charge < -0.3 is 10.1 Å². The van der Waals surface area contributed by atoms with Gasteiger partial charge in [0, 0.05) is 5.69 Å². The molecule has 0 bridgehead atoms. The summed E-state index contributed by atoms with van der Waals surface area (Å²) in [6.07, 6.45) is 3.40. The maximum atomic E-state index is 12.3. The molecule has 8 heteroatoms. The fourth-order valence-corrected chi connectivity index (χ4v) is 3.89. The van der Waals surface area contributed by atoms with Crippen LogP contribution in [0.15, 0.2) is 47.6 Å². The number of benzene rings is 2. The highest BCUT2D eigenvalue weighted by Crippen LogP contribution is 2.27. The van der Waals surface area contributed by atoms with Crippen LogP contribution in [0.1, 0.15) is 17.5 Å². The number of para-hydroxylation sites is 2. The summed E-state index contributed by atoms with van der Waals surface area (Å²) in [5.41, 5.74) is 4.29. The number of fused-ring (bicyclic) bond motifs is 1. The Hall–Kier alpha value is -2.87. The zero-order valence-electron chi connectivity index (χ0n) is 14.9. The number of carbonyl (C=O) groups excluding carboxylic acids is 1. The number of thioether (sulfide) groups is 1. The number of aryl methyl sites for hydroxylation is 2. The molecule has 3 aromatic rings. The average Bonchev–Trinajstić information content (AvgIpc) is 3.35. The fraction of sp³-hybridized carbons (Fsp3) is 0.263. The molecule has 0 radical (unpaired) electrons. The Kier molecular flexibility index (Phi) is 5.06. The molecule has 0 saturated carbocycles. The van der Waals surface area contributed by atoms with E-state index in [0.717, 1.165) is 24.2 Å². The third-order valence-electron chi connectivity index (χ3n) is 4.47. The molecule has 0 aliphatic heterocycles. The van der Waals surface area contributed by atoms with Gasteiger partial charge in [0.2, 0.25) is 11.1 Å². The molecule has 7 nitrogen and oxygen atoms in total. The SMILES string of the molecule is COc1ccccc1-n1nnnc1SCC(=O)Nc1ccc2c(c1)CCC2. The van der Waals surface area contributed by atoms with E-state index in [9.17, 15) is 4.79 Å². The topological polar surface area (TPSA) is 81.9 Å². The van der Waals surface area contributed by atoms with Crippen molar-refractivity contribution >= 4 is 23.4 Å². The first-order valence-corrected chi connectivity index (χ1v) is 9.69. The highest BCUT2D eigenvalue weighted by Gasteiger charge is 2.15. The van der Waals surface area contributed by atoms with Gasteiger partial charge in [0.1, 0.15) is 11.4 Å². The minimum Gasteiger partial charge on any atom is -0.494 e. The normalized spacial score (nSPS) is 12.6. The molecule has 1 aliphatic carbocycles. The number of hydrogen-bond donors (Lipinski definition) is 1. The van der Waals surface area contributed by atoms with Gasteiger partial charge in [0.05, 0.1) is 12.9 Å². The number of methoxy groups -OCH3 is 1. The summed E-state index contributed by atoms with van der Waals surface area (Å²) >= 11 is 1.28. The molecule has 1 heterocycles. The second-order valence-corrected chi connectivity index (χ2v) is 7.16. The molecule has 0 fully saturated rings. The highest BCUT2D eigenvalue weighted by atomic mass is 32.2. The van der Waals surface area contributed by atoms with Gasteiger partial charge in [-0.2, -0.15) is 4.68 Å². The maximum Gasteiger partial charge on any atom is 0.234 e. The van der Waals surface area contributed by atoms with Gasteiger partial charge in [-0.05, 0) is 65.1 Å². The Morgan fingerprint density at radius 3 is 2.96 bits per heavy atom. The molecule has 4 rings (SSSR count). The Morgan fingerprint density at radius 1 is 1.22 bits per heavy atom. The van der Waals surface area contributed by atoms with Crippen LogP contribution in [0.4, 0.5) is 5.69 Å². The van der Waals surface area contributed by atoms with Gasteiger partial charge in [-0.1, -0.05) is 30.0 Å². The second kappa shape index (κ2) is 7.79. The molecule has 0 unspecified atom stereocenters. The third kappa shape index (κ3) is 3.80. The van der Waals surface area contributed by atoms with E-state index in [1.165, 1.54) is 29.3 Å². The van der Waals surface area contributed by atoms with E-state index in [4.69, 9.17) is 4.74 Å². The zero-order chi connectivity index (χ0) is 18.6. The molecule has 27 heavy (non-hydrogen) atoms. The molecule has 1 amide bonds. The number of ether oxygens (including phenoxy) is 1. The number of carbonyl (C=O) groups is 1. The molecule has 1 N–H and O–H groups in total. The second-order valence-electron chi connectivity index (χ2n) is 6.22. The fourth-order valence-electron chi connectivity index (χ4n) is 3.20. The van der Waals surface area contributed by atoms with Gasteiger partial charge in [-0.3, -0.25) is 4.79 Å². The summed E-state index contributed by atoms with van der Waals surface area (Å²) in [6.45, 7) is 0. The van der Waals surface area contributed by atoms with Crippen molar-refractivity contribution in [3.05, 3.63) is 53.6 Å². The number of rotatable bonds is 6. The summed E-state index contributed by atoms with van der Waals surface area (Å²) in [4.78, 5) is 12.3. The van der Waals surface area contributed by atoms with Crippen LogP contribution in [0.25, 0.3) is 5.69 Å². The first-order chi connectivity index (χ1) is 13.2. The minimum absolute atomic E-state index is 0.0903. The Labute approximate surface area is 161 Å². The van der Waals surface area contributed by atoms with E-state index < -0.39 is 0 Å². The number of hydrogen-bond acceptors (Lipinski definition) is 6. The monoisotopic (exact) mass is 381 g/mol. The van der Waals surface area contributed by atoms with Gasteiger partial charge in [0.25, 0.3) is 0 Å². The summed E-state index contributed by atoms with van der Waals surface area (Å²) in [5, 5.41) is 15.3. The van der Waals surface area contributed by atoms with Gasteiger partial charge >= 0.3 is 0 Å². The number of tetrazole rings is 1. The van der Waals surface area contributed by atoms with Crippen LogP contribution < -0.4 is 10.1 Å². The molecule has 1 aliphatic rings. The number of amides is 1. The van der Waals surface area contributed by atoms with E-state index >= 15 is 0 Å². The number of aromatic nitrogens is 4. The lowest BCUT2D eigenvalue weighted by atomic mass is 10.1. The van der Waals surface area contributed by atoms with Crippen molar-refractivity contribution in [2.24, 2.45) is 0 Å². The zero-order valence-corrected chi connectivity index (χ0v) is 15.7. The Balaban J connectivity index is 1.42. The number of nitrogens with zero attached hydrogens (tertiary/aromatic N) is 4. The van der Waals surface area contributed by atoms with Crippen molar-refractivity contribution in [1.29, 1.82) is 0 Å². The van der Waals surface area contributed by atoms with Gasteiger partial charge in [-0.25, -0.2) is 0 Å². The summed E-state index contributed by atoms with van der Waals surface area (Å²) in [6, 6.07) is 13.6. The first kappa shape index (κ1) is 17.5. The van der Waals surface area contributed by atoms with Gasteiger partial charge in [-0.15, -0.1) is 5.10 Å². The van der Waals surface area contributed by atoms with Crippen molar-refractivity contribution in [3.63, 3.8) is 0 Å². The Morgan fingerprint density at radius 2 is 2.07 bits per heavy atom. The molecule has 138 valence electrons. The van der Waals surface area contributed by atoms with Crippen LogP contribution in [0, 0.1) is 0 Å². The molecular weight excluding hydrogens is 362 g/mol. The van der Waals surface area contributed by atoms with E-state index in [1.54, 1.807) is 11.8 Å². The lowest BCUT2D eigenvalue weighted by Gasteiger charge is -2.09. The lowest BCUT2D eigenvalue weighted by Crippen LogP contribution is -2.15. The minimum atomic E-state index is -0.0903. The standard InChI is InChI=1S/C19H19N5O2S/c1-26-17-8-3-2-7-16(17)24-19(21-22-23-24)27-12-18(25)20-15-10-9-13-5-4-6-14(13)11-15/h2-3,7-11H,4-6,12H2,1H3,(H,20,25). The van der Waals surface area contributed by atoms with Crippen LogP contribution >= 0.6 is 11.8 Å². The van der Waals surface area contributed by atoms with Crippen LogP contribution in [0.2, 0.25) is 0 Å². The lowest BCUT2D eigenvalue weighted by molar-refractivity contribution is -0.113. The molecule has 0 atom stereocenters. The van der Waals surface area contributed by atoms with Crippen molar-refractivity contribution in [1.82, 2.24) is 20.2 Å². The predicted octanol–water partition coefficient (Wildman–Crippen LogP) is 2.89. The van der Waals surface area contributed by atoms with E-state index in [0.29, 0.717) is 10.9 Å². The molecule has 0 saturated heterocycles. The van der Waals surface area contributed by atoms with E-state index in [-0.39, 0.29) is 11.7 Å². The van der Waals surface area contributed by atoms with Crippen molar-refractivity contribution in [2.75, 3.05) is 18.2 Å². The van der Waals surface area contributed by atoms with E-state index in [1.807, 2.05) is 30.3 Å². The predicted molar refractivity (Wildman–Crippen MR) is 104 cm³/mol. The molecule has 1 aromatic heterocycles. The number of nitrogens with one attached hydrogen (secondary N) is 1. The molecular formula is C19H19N5O2S. The van der Waals surface area contributed by atoms with E-state index in [2.05, 4.69) is 33.0 Å². The van der Waals surface area contributed by atoms with Crippen LogP contribution in [0.5, 0.6) is 5.75 Å². The average molecular weight is 381 g/mol. The smallest absolute Gasteiger partial charge is 0.234 e. The maximum absolute atomic E-state index is 12.3. The molecule has 0 spiro atoms. The first-order valence-electron chi connectivity index (χ1n) is 8.71. The third-order valence-corrected chi connectivity index (χ3v) is 5.39. The summed E-state index contributed by atoms with van der Waals surface area (Å²) in [7, 11) is 1.60. The van der Waals surface area contributed by atoms with Crippen molar-refractivity contribution in [3.8, 4) is 11.4 Å².